The van der Waals surface area contributed by atoms with Crippen molar-refractivity contribution < 1.29 is 14.3 Å². The first-order chi connectivity index (χ1) is 12.1. The van der Waals surface area contributed by atoms with Gasteiger partial charge in [-0.3, -0.25) is 4.79 Å². The van der Waals surface area contributed by atoms with Crippen LogP contribution in [0.25, 0.3) is 6.08 Å². The third-order valence-corrected chi connectivity index (χ3v) is 3.25. The predicted octanol–water partition coefficient (Wildman–Crippen LogP) is 4.91. The number of anilines is 1. The minimum absolute atomic E-state index is 0.117. The SMILES string of the molecule is CCCOc1ccc(NC(=O)/C=C/c2cccc(OC(C)C)c2)cc1. The van der Waals surface area contributed by atoms with Crippen molar-refractivity contribution in [2.75, 3.05) is 11.9 Å². The van der Waals surface area contributed by atoms with Crippen molar-refractivity contribution in [3.8, 4) is 11.5 Å². The fourth-order valence-corrected chi connectivity index (χ4v) is 2.17. The fourth-order valence-electron chi connectivity index (χ4n) is 2.17. The largest absolute Gasteiger partial charge is 0.494 e. The van der Waals surface area contributed by atoms with Crippen LogP contribution in [0.4, 0.5) is 5.69 Å². The zero-order chi connectivity index (χ0) is 18.1. The monoisotopic (exact) mass is 339 g/mol. The number of hydrogen-bond donors (Lipinski definition) is 1. The zero-order valence-electron chi connectivity index (χ0n) is 15.0. The first-order valence-electron chi connectivity index (χ1n) is 8.55. The van der Waals surface area contributed by atoms with Gasteiger partial charge in [-0.15, -0.1) is 0 Å². The molecule has 0 fully saturated rings. The molecule has 0 aliphatic carbocycles. The quantitative estimate of drug-likeness (QED) is 0.695. The molecule has 2 rings (SSSR count). The average molecular weight is 339 g/mol. The summed E-state index contributed by atoms with van der Waals surface area (Å²) < 4.78 is 11.2. The van der Waals surface area contributed by atoms with E-state index in [-0.39, 0.29) is 12.0 Å². The van der Waals surface area contributed by atoms with E-state index in [2.05, 4.69) is 12.2 Å². The van der Waals surface area contributed by atoms with Crippen LogP contribution in [-0.2, 0) is 4.79 Å². The highest BCUT2D eigenvalue weighted by Crippen LogP contribution is 2.17. The molecule has 0 spiro atoms. The topological polar surface area (TPSA) is 47.6 Å². The molecule has 4 nitrogen and oxygen atoms in total. The molecular weight excluding hydrogens is 314 g/mol. The van der Waals surface area contributed by atoms with Crippen LogP contribution >= 0.6 is 0 Å². The fraction of sp³-hybridized carbons (Fsp3) is 0.286. The normalized spacial score (nSPS) is 10.9. The number of carbonyl (C=O) groups excluding carboxylic acids is 1. The Balaban J connectivity index is 1.92. The lowest BCUT2D eigenvalue weighted by Gasteiger charge is -2.09. The Bertz CT molecular complexity index is 705. The minimum atomic E-state index is -0.183. The Morgan fingerprint density at radius 1 is 1.12 bits per heavy atom. The molecule has 1 amide bonds. The number of amides is 1. The lowest BCUT2D eigenvalue weighted by Crippen LogP contribution is -2.07. The van der Waals surface area contributed by atoms with Crippen LogP contribution in [0.5, 0.6) is 11.5 Å². The second kappa shape index (κ2) is 9.52. The summed E-state index contributed by atoms with van der Waals surface area (Å²) in [6.45, 7) is 6.71. The molecule has 0 unspecified atom stereocenters. The maximum absolute atomic E-state index is 12.0. The Morgan fingerprint density at radius 2 is 1.88 bits per heavy atom. The van der Waals surface area contributed by atoms with Crippen LogP contribution in [0.1, 0.15) is 32.8 Å². The first-order valence-corrected chi connectivity index (χ1v) is 8.55. The summed E-state index contributed by atoms with van der Waals surface area (Å²) in [4.78, 5) is 12.0. The lowest BCUT2D eigenvalue weighted by molar-refractivity contribution is -0.111. The second-order valence-corrected chi connectivity index (χ2v) is 5.93. The molecule has 1 N–H and O–H groups in total. The summed E-state index contributed by atoms with van der Waals surface area (Å²) >= 11 is 0. The molecule has 0 radical (unpaired) electrons. The van der Waals surface area contributed by atoms with E-state index < -0.39 is 0 Å². The van der Waals surface area contributed by atoms with Gasteiger partial charge in [-0.1, -0.05) is 19.1 Å². The van der Waals surface area contributed by atoms with Gasteiger partial charge in [-0.25, -0.2) is 0 Å². The Labute approximate surface area is 149 Å². The van der Waals surface area contributed by atoms with E-state index in [1.807, 2.05) is 62.4 Å². The van der Waals surface area contributed by atoms with Crippen molar-refractivity contribution >= 4 is 17.7 Å². The van der Waals surface area contributed by atoms with Gasteiger partial charge < -0.3 is 14.8 Å². The van der Waals surface area contributed by atoms with Gasteiger partial charge in [0.25, 0.3) is 0 Å². The van der Waals surface area contributed by atoms with Crippen molar-refractivity contribution in [3.63, 3.8) is 0 Å². The molecule has 132 valence electrons. The molecule has 0 bridgehead atoms. The number of carbonyl (C=O) groups is 1. The summed E-state index contributed by atoms with van der Waals surface area (Å²) in [5, 5.41) is 2.83. The Hall–Kier alpha value is -2.75. The smallest absolute Gasteiger partial charge is 0.248 e. The highest BCUT2D eigenvalue weighted by atomic mass is 16.5. The van der Waals surface area contributed by atoms with E-state index in [0.29, 0.717) is 6.61 Å². The third-order valence-electron chi connectivity index (χ3n) is 3.25. The van der Waals surface area contributed by atoms with Crippen molar-refractivity contribution in [2.24, 2.45) is 0 Å². The lowest BCUT2D eigenvalue weighted by atomic mass is 10.2. The molecule has 25 heavy (non-hydrogen) atoms. The van der Waals surface area contributed by atoms with Crippen molar-refractivity contribution in [2.45, 2.75) is 33.3 Å². The maximum Gasteiger partial charge on any atom is 0.248 e. The van der Waals surface area contributed by atoms with Crippen molar-refractivity contribution in [1.82, 2.24) is 0 Å². The zero-order valence-corrected chi connectivity index (χ0v) is 15.0. The van der Waals surface area contributed by atoms with Crippen molar-refractivity contribution in [3.05, 3.63) is 60.2 Å². The summed E-state index contributed by atoms with van der Waals surface area (Å²) in [7, 11) is 0. The molecule has 0 heterocycles. The highest BCUT2D eigenvalue weighted by Gasteiger charge is 2.01. The van der Waals surface area contributed by atoms with E-state index in [4.69, 9.17) is 9.47 Å². The number of hydrogen-bond acceptors (Lipinski definition) is 3. The molecule has 0 saturated carbocycles. The van der Waals surface area contributed by atoms with Crippen LogP contribution in [0.2, 0.25) is 0 Å². The van der Waals surface area contributed by atoms with Gasteiger partial charge in [-0.05, 0) is 68.3 Å². The summed E-state index contributed by atoms with van der Waals surface area (Å²) in [5.41, 5.74) is 1.65. The third kappa shape index (κ3) is 6.71. The van der Waals surface area contributed by atoms with Gasteiger partial charge in [0.2, 0.25) is 5.91 Å². The number of nitrogens with one attached hydrogen (secondary N) is 1. The van der Waals surface area contributed by atoms with Gasteiger partial charge in [0.05, 0.1) is 12.7 Å². The van der Waals surface area contributed by atoms with Gasteiger partial charge in [0, 0.05) is 11.8 Å². The van der Waals surface area contributed by atoms with E-state index in [9.17, 15) is 4.79 Å². The summed E-state index contributed by atoms with van der Waals surface area (Å²) in [5.74, 6) is 1.41. The number of rotatable bonds is 8. The molecule has 0 atom stereocenters. The standard InChI is InChI=1S/C21H25NO3/c1-4-14-24-19-11-9-18(10-12-19)22-21(23)13-8-17-6-5-7-20(15-17)25-16(2)3/h5-13,15-16H,4,14H2,1-3H3,(H,22,23)/b13-8+. The van der Waals surface area contributed by atoms with Gasteiger partial charge >= 0.3 is 0 Å². The molecule has 4 heteroatoms. The van der Waals surface area contributed by atoms with Gasteiger partial charge in [-0.2, -0.15) is 0 Å². The summed E-state index contributed by atoms with van der Waals surface area (Å²) in [6.07, 6.45) is 4.36. The van der Waals surface area contributed by atoms with Crippen LogP contribution in [0, 0.1) is 0 Å². The number of benzene rings is 2. The average Bonchev–Trinajstić information content (AvgIpc) is 2.59. The van der Waals surface area contributed by atoms with Crippen LogP contribution < -0.4 is 14.8 Å². The number of ether oxygens (including phenoxy) is 2. The van der Waals surface area contributed by atoms with Crippen molar-refractivity contribution in [1.29, 1.82) is 0 Å². The molecule has 0 saturated heterocycles. The molecule has 0 aromatic heterocycles. The minimum Gasteiger partial charge on any atom is -0.494 e. The summed E-state index contributed by atoms with van der Waals surface area (Å²) in [6, 6.07) is 15.0. The molecule has 0 aliphatic heterocycles. The molecule has 2 aromatic rings. The second-order valence-electron chi connectivity index (χ2n) is 5.93. The Kier molecular flexibility index (Phi) is 7.08. The molecular formula is C21H25NO3. The van der Waals surface area contributed by atoms with Crippen LogP contribution in [0.15, 0.2) is 54.6 Å². The highest BCUT2D eigenvalue weighted by molar-refractivity contribution is 6.01. The molecule has 0 aliphatic rings. The Morgan fingerprint density at radius 3 is 2.56 bits per heavy atom. The van der Waals surface area contributed by atoms with Crippen LogP contribution in [-0.4, -0.2) is 18.6 Å². The van der Waals surface area contributed by atoms with E-state index in [1.165, 1.54) is 6.08 Å². The first kappa shape index (κ1) is 18.6. The van der Waals surface area contributed by atoms with E-state index in [1.54, 1.807) is 6.08 Å². The van der Waals surface area contributed by atoms with E-state index >= 15 is 0 Å². The molecule has 2 aromatic carbocycles. The van der Waals surface area contributed by atoms with Gasteiger partial charge in [0.15, 0.2) is 0 Å². The van der Waals surface area contributed by atoms with Gasteiger partial charge in [0.1, 0.15) is 11.5 Å². The van der Waals surface area contributed by atoms with Crippen LogP contribution in [0.3, 0.4) is 0 Å². The predicted molar refractivity (Wildman–Crippen MR) is 102 cm³/mol. The van der Waals surface area contributed by atoms with E-state index in [0.717, 1.165) is 29.2 Å². The maximum atomic E-state index is 12.0.